The van der Waals surface area contributed by atoms with Gasteiger partial charge in [0.25, 0.3) is 5.91 Å². The van der Waals surface area contributed by atoms with Gasteiger partial charge in [-0.2, -0.15) is 4.99 Å². The molecule has 8 nitrogen and oxygen atoms in total. The number of rotatable bonds is 11. The van der Waals surface area contributed by atoms with Gasteiger partial charge in [0.2, 0.25) is 5.91 Å². The van der Waals surface area contributed by atoms with Crippen LogP contribution in [0.2, 0.25) is 5.02 Å². The first-order valence-corrected chi connectivity index (χ1v) is 16.2. The number of aromatic nitrogens is 1. The maximum absolute atomic E-state index is 12.8. The molecule has 0 aliphatic heterocycles. The Bertz CT molecular complexity index is 1410. The lowest BCUT2D eigenvalue weighted by Gasteiger charge is -2.08. The number of fused-ring (bicyclic) bond motifs is 2. The maximum atomic E-state index is 12.8. The molecule has 2 aromatic heterocycles. The summed E-state index contributed by atoms with van der Waals surface area (Å²) in [5.41, 5.74) is 2.44. The molecule has 39 heavy (non-hydrogen) atoms. The Hall–Kier alpha value is -2.18. The summed E-state index contributed by atoms with van der Waals surface area (Å²) < 4.78 is 13.7. The highest BCUT2D eigenvalue weighted by atomic mass is 35.5. The van der Waals surface area contributed by atoms with Gasteiger partial charge in [-0.15, -0.1) is 23.1 Å². The molecule has 1 aliphatic rings. The number of thiazole rings is 1. The minimum Gasteiger partial charge on any atom is -0.462 e. The number of carbonyl (C=O) groups is 3. The van der Waals surface area contributed by atoms with E-state index in [1.54, 1.807) is 6.92 Å². The fourth-order valence-electron chi connectivity index (χ4n) is 4.43. The van der Waals surface area contributed by atoms with Gasteiger partial charge in [-0.1, -0.05) is 29.4 Å². The third kappa shape index (κ3) is 7.73. The number of esters is 1. The maximum Gasteiger partial charge on any atom is 0.341 e. The Labute approximate surface area is 244 Å². The van der Waals surface area contributed by atoms with Crippen molar-refractivity contribution in [3.63, 3.8) is 0 Å². The van der Waals surface area contributed by atoms with Crippen molar-refractivity contribution in [1.82, 2.24) is 4.57 Å². The van der Waals surface area contributed by atoms with Crippen LogP contribution >= 0.6 is 46.0 Å². The van der Waals surface area contributed by atoms with Gasteiger partial charge in [0.05, 0.1) is 40.5 Å². The van der Waals surface area contributed by atoms with Gasteiger partial charge in [-0.25, -0.2) is 4.79 Å². The van der Waals surface area contributed by atoms with Crippen LogP contribution in [0.1, 0.15) is 53.9 Å². The Kier molecular flexibility index (Phi) is 11.0. The van der Waals surface area contributed by atoms with E-state index in [1.807, 2.05) is 29.7 Å². The lowest BCUT2D eigenvalue weighted by Crippen LogP contribution is -2.20. The predicted octanol–water partition coefficient (Wildman–Crippen LogP) is 5.70. The van der Waals surface area contributed by atoms with Crippen molar-refractivity contribution < 1.29 is 23.9 Å². The van der Waals surface area contributed by atoms with Crippen LogP contribution < -0.4 is 10.1 Å². The molecule has 2 amide bonds. The zero-order valence-electron chi connectivity index (χ0n) is 22.0. The van der Waals surface area contributed by atoms with Crippen molar-refractivity contribution in [2.24, 2.45) is 4.99 Å². The number of aryl methyl sites for hydroxylation is 1. The second-order valence-corrected chi connectivity index (χ2v) is 12.4. The number of hydrogen-bond acceptors (Lipinski definition) is 8. The summed E-state index contributed by atoms with van der Waals surface area (Å²) in [5, 5.41) is 4.06. The Morgan fingerprint density at radius 1 is 1.10 bits per heavy atom. The minimum absolute atomic E-state index is 0.0551. The number of hydrogen-bond donors (Lipinski definition) is 1. The summed E-state index contributed by atoms with van der Waals surface area (Å²) in [4.78, 5) is 44.2. The molecule has 0 radical (unpaired) electrons. The van der Waals surface area contributed by atoms with E-state index in [-0.39, 0.29) is 29.9 Å². The van der Waals surface area contributed by atoms with Crippen molar-refractivity contribution in [1.29, 1.82) is 0 Å². The van der Waals surface area contributed by atoms with Crippen LogP contribution in [-0.4, -0.2) is 53.7 Å². The fraction of sp³-hybridized carbons (Fsp3) is 0.481. The first-order valence-electron chi connectivity index (χ1n) is 13.0. The number of carbonyl (C=O) groups excluding carboxylic acids is 3. The molecular weight excluding hydrogens is 578 g/mol. The summed E-state index contributed by atoms with van der Waals surface area (Å²) in [7, 11) is 0. The standard InChI is InChI=1S/C27H32ClN3O5S3/c1-3-35-13-12-31-19-11-10-17(28)14-21(19)39-27(31)30-23(33)16-37-15-22(32)29-25-24(26(34)36-4-2)18-8-6-5-7-9-20(18)38-25/h10-11,14H,3-9,12-13,15-16H2,1-2H3,(H,29,32). The van der Waals surface area contributed by atoms with Gasteiger partial charge >= 0.3 is 5.97 Å². The molecule has 0 bridgehead atoms. The first kappa shape index (κ1) is 29.8. The highest BCUT2D eigenvalue weighted by molar-refractivity contribution is 8.00. The lowest BCUT2D eigenvalue weighted by molar-refractivity contribution is -0.115. The monoisotopic (exact) mass is 609 g/mol. The van der Waals surface area contributed by atoms with E-state index in [0.717, 1.165) is 52.8 Å². The Balaban J connectivity index is 1.41. The van der Waals surface area contributed by atoms with E-state index < -0.39 is 5.97 Å². The number of thioether (sulfide) groups is 1. The lowest BCUT2D eigenvalue weighted by atomic mass is 10.1. The molecule has 12 heteroatoms. The average molecular weight is 610 g/mol. The van der Waals surface area contributed by atoms with Crippen LogP contribution in [0.4, 0.5) is 5.00 Å². The highest BCUT2D eigenvalue weighted by Crippen LogP contribution is 2.38. The van der Waals surface area contributed by atoms with Crippen LogP contribution in [0, 0.1) is 0 Å². The third-order valence-electron chi connectivity index (χ3n) is 6.14. The molecule has 0 atom stereocenters. The normalized spacial score (nSPS) is 13.8. The van der Waals surface area contributed by atoms with E-state index in [9.17, 15) is 14.4 Å². The summed E-state index contributed by atoms with van der Waals surface area (Å²) in [6.07, 6.45) is 4.94. The molecule has 0 spiro atoms. The van der Waals surface area contributed by atoms with E-state index in [1.165, 1.54) is 34.4 Å². The fourth-order valence-corrected chi connectivity index (χ4v) is 7.67. The number of amides is 2. The summed E-state index contributed by atoms with van der Waals surface area (Å²) >= 11 is 10.2. The molecule has 4 rings (SSSR count). The van der Waals surface area contributed by atoms with Crippen molar-refractivity contribution in [2.45, 2.75) is 52.5 Å². The van der Waals surface area contributed by atoms with E-state index in [4.69, 9.17) is 21.1 Å². The molecule has 0 unspecified atom stereocenters. The number of ether oxygens (including phenoxy) is 2. The number of anilines is 1. The number of benzene rings is 1. The van der Waals surface area contributed by atoms with E-state index >= 15 is 0 Å². The largest absolute Gasteiger partial charge is 0.462 e. The summed E-state index contributed by atoms with van der Waals surface area (Å²) in [6.45, 7) is 5.65. The molecule has 2 heterocycles. The predicted molar refractivity (Wildman–Crippen MR) is 159 cm³/mol. The molecular formula is C27H32ClN3O5S3. The van der Waals surface area contributed by atoms with Crippen LogP contribution in [0.15, 0.2) is 23.2 Å². The minimum atomic E-state index is -0.393. The Morgan fingerprint density at radius 3 is 2.72 bits per heavy atom. The van der Waals surface area contributed by atoms with Gasteiger partial charge in [-0.3, -0.25) is 9.59 Å². The van der Waals surface area contributed by atoms with Crippen molar-refractivity contribution in [3.8, 4) is 0 Å². The molecule has 210 valence electrons. The van der Waals surface area contributed by atoms with Crippen molar-refractivity contribution in [2.75, 3.05) is 36.6 Å². The van der Waals surface area contributed by atoms with Gasteiger partial charge in [-0.05, 0) is 63.3 Å². The number of nitrogens with one attached hydrogen (secondary N) is 1. The van der Waals surface area contributed by atoms with Gasteiger partial charge in [0.15, 0.2) is 4.80 Å². The molecule has 1 aliphatic carbocycles. The molecule has 3 aromatic rings. The number of halogens is 1. The topological polar surface area (TPSA) is 99.0 Å². The van der Waals surface area contributed by atoms with Gasteiger partial charge in [0, 0.05) is 23.1 Å². The first-order chi connectivity index (χ1) is 18.9. The highest BCUT2D eigenvalue weighted by Gasteiger charge is 2.26. The van der Waals surface area contributed by atoms with Crippen molar-refractivity contribution >= 4 is 79.0 Å². The average Bonchev–Trinajstić information content (AvgIpc) is 3.30. The Morgan fingerprint density at radius 2 is 1.92 bits per heavy atom. The van der Waals surface area contributed by atoms with Crippen LogP contribution in [-0.2, 0) is 38.4 Å². The zero-order valence-corrected chi connectivity index (χ0v) is 25.3. The number of nitrogens with zero attached hydrogens (tertiary/aromatic N) is 2. The molecule has 1 aromatic carbocycles. The molecule has 1 N–H and O–H groups in total. The second-order valence-electron chi connectivity index (χ2n) is 8.88. The van der Waals surface area contributed by atoms with Crippen molar-refractivity contribution in [3.05, 3.63) is 44.0 Å². The summed E-state index contributed by atoms with van der Waals surface area (Å²) in [5.74, 6) is -0.863. The molecule has 0 fully saturated rings. The number of thiophene rings is 1. The van der Waals surface area contributed by atoms with Gasteiger partial charge in [0.1, 0.15) is 5.00 Å². The van der Waals surface area contributed by atoms with Crippen LogP contribution in [0.25, 0.3) is 10.2 Å². The smallest absolute Gasteiger partial charge is 0.341 e. The second kappa shape index (κ2) is 14.5. The molecule has 0 saturated carbocycles. The zero-order chi connectivity index (χ0) is 27.8. The quantitative estimate of drug-likeness (QED) is 0.170. The molecule has 0 saturated heterocycles. The van der Waals surface area contributed by atoms with E-state index in [0.29, 0.717) is 40.1 Å². The SMILES string of the molecule is CCOCCn1c(=NC(=O)CSCC(=O)Nc2sc3c(c2C(=O)OCC)CCCCC3)sc2cc(Cl)ccc21. The van der Waals surface area contributed by atoms with Crippen LogP contribution in [0.3, 0.4) is 0 Å². The summed E-state index contributed by atoms with van der Waals surface area (Å²) in [6, 6.07) is 5.58. The van der Waals surface area contributed by atoms with E-state index in [2.05, 4.69) is 10.3 Å². The third-order valence-corrected chi connectivity index (χ3v) is 9.54. The van der Waals surface area contributed by atoms with Crippen LogP contribution in [0.5, 0.6) is 0 Å². The van der Waals surface area contributed by atoms with Gasteiger partial charge < -0.3 is 19.4 Å².